The van der Waals surface area contributed by atoms with E-state index in [9.17, 15) is 9.90 Å². The van der Waals surface area contributed by atoms with Crippen LogP contribution in [-0.2, 0) is 0 Å². The molecule has 0 unspecified atom stereocenters. The number of benzene rings is 3. The Labute approximate surface area is 145 Å². The molecular formula is C21H16N2O2. The maximum atomic E-state index is 12.7. The van der Waals surface area contributed by atoms with Crippen molar-refractivity contribution in [2.45, 2.75) is 13.0 Å². The van der Waals surface area contributed by atoms with Gasteiger partial charge < -0.3 is 5.11 Å². The van der Waals surface area contributed by atoms with Crippen molar-refractivity contribution < 1.29 is 9.90 Å². The van der Waals surface area contributed by atoms with Crippen LogP contribution in [0.1, 0.15) is 22.8 Å². The number of hydrogen-bond acceptors (Lipinski definition) is 4. The van der Waals surface area contributed by atoms with Gasteiger partial charge in [0.05, 0.1) is 5.69 Å². The number of carbonyl (C=O) groups excluding carboxylic acids is 1. The minimum absolute atomic E-state index is 0.0703. The summed E-state index contributed by atoms with van der Waals surface area (Å²) < 4.78 is 0. The Bertz CT molecular complexity index is 1050. The Morgan fingerprint density at radius 3 is 2.68 bits per heavy atom. The number of aromatic hydroxyl groups is 1. The molecule has 1 heterocycles. The second-order valence-electron chi connectivity index (χ2n) is 6.03. The van der Waals surface area contributed by atoms with E-state index >= 15 is 0 Å². The van der Waals surface area contributed by atoms with Crippen LogP contribution in [0.5, 0.6) is 5.75 Å². The highest BCUT2D eigenvalue weighted by atomic mass is 16.3. The van der Waals surface area contributed by atoms with Gasteiger partial charge in [0.25, 0.3) is 0 Å². The predicted octanol–water partition coefficient (Wildman–Crippen LogP) is 4.32. The summed E-state index contributed by atoms with van der Waals surface area (Å²) in [5.74, 6) is 0.0692. The molecule has 0 saturated carbocycles. The second kappa shape index (κ2) is 5.98. The summed E-state index contributed by atoms with van der Waals surface area (Å²) in [5.41, 5.74) is 2.53. The molecule has 0 aromatic heterocycles. The van der Waals surface area contributed by atoms with Crippen molar-refractivity contribution in [3.63, 3.8) is 0 Å². The molecule has 4 heteroatoms. The van der Waals surface area contributed by atoms with Gasteiger partial charge in [-0.2, -0.15) is 0 Å². The molecule has 4 rings (SSSR count). The van der Waals surface area contributed by atoms with Crippen LogP contribution >= 0.6 is 0 Å². The third-order valence-electron chi connectivity index (χ3n) is 4.41. The molecule has 3 aromatic carbocycles. The van der Waals surface area contributed by atoms with Gasteiger partial charge in [0.2, 0.25) is 0 Å². The minimum atomic E-state index is -0.659. The fourth-order valence-corrected chi connectivity index (χ4v) is 3.11. The number of aliphatic imine (C=N–C) groups is 2. The third-order valence-corrected chi connectivity index (χ3v) is 4.41. The van der Waals surface area contributed by atoms with Crippen LogP contribution < -0.4 is 0 Å². The fraction of sp³-hybridized carbons (Fsp3) is 0.0952. The topological polar surface area (TPSA) is 62.0 Å². The first-order valence-corrected chi connectivity index (χ1v) is 8.07. The van der Waals surface area contributed by atoms with Crippen LogP contribution in [0.2, 0.25) is 0 Å². The van der Waals surface area contributed by atoms with Crippen molar-refractivity contribution in [2.24, 2.45) is 9.98 Å². The van der Waals surface area contributed by atoms with E-state index in [2.05, 4.69) is 9.98 Å². The Morgan fingerprint density at radius 2 is 1.80 bits per heavy atom. The fourth-order valence-electron chi connectivity index (χ4n) is 3.11. The van der Waals surface area contributed by atoms with Gasteiger partial charge in [0.1, 0.15) is 5.75 Å². The summed E-state index contributed by atoms with van der Waals surface area (Å²) >= 11 is 0. The van der Waals surface area contributed by atoms with E-state index in [1.807, 2.05) is 48.5 Å². The van der Waals surface area contributed by atoms with Crippen LogP contribution in [0.3, 0.4) is 0 Å². The lowest BCUT2D eigenvalue weighted by Gasteiger charge is -2.18. The van der Waals surface area contributed by atoms with E-state index in [0.29, 0.717) is 22.5 Å². The zero-order chi connectivity index (χ0) is 17.4. The van der Waals surface area contributed by atoms with Gasteiger partial charge in [0.15, 0.2) is 11.8 Å². The smallest absolute Gasteiger partial charge is 0.195 e. The molecule has 122 valence electrons. The lowest BCUT2D eigenvalue weighted by molar-refractivity contribution is 0.0984. The van der Waals surface area contributed by atoms with E-state index < -0.39 is 6.04 Å². The number of rotatable bonds is 2. The lowest BCUT2D eigenvalue weighted by atomic mass is 9.96. The SMILES string of the molecule is CC1=Nc2ccccc2C(=O)[C@@H]1N=Cc1c(O)ccc2ccccc12. The number of para-hydroxylation sites is 1. The molecule has 0 aliphatic carbocycles. The summed E-state index contributed by atoms with van der Waals surface area (Å²) in [6.45, 7) is 1.80. The number of Topliss-reactive ketones (excluding diaryl/α,β-unsaturated/α-hetero) is 1. The first-order valence-electron chi connectivity index (χ1n) is 8.07. The zero-order valence-electron chi connectivity index (χ0n) is 13.7. The number of carbonyl (C=O) groups is 1. The average Bonchev–Trinajstić information content (AvgIpc) is 2.63. The lowest BCUT2D eigenvalue weighted by Crippen LogP contribution is -2.29. The highest BCUT2D eigenvalue weighted by Gasteiger charge is 2.28. The minimum Gasteiger partial charge on any atom is -0.507 e. The van der Waals surface area contributed by atoms with Crippen LogP contribution in [0.25, 0.3) is 10.8 Å². The average molecular weight is 328 g/mol. The Morgan fingerprint density at radius 1 is 1.04 bits per heavy atom. The van der Waals surface area contributed by atoms with E-state index in [-0.39, 0.29) is 11.5 Å². The first kappa shape index (κ1) is 15.3. The van der Waals surface area contributed by atoms with Crippen molar-refractivity contribution in [1.29, 1.82) is 0 Å². The van der Waals surface area contributed by atoms with Crippen molar-refractivity contribution >= 4 is 34.2 Å². The standard InChI is InChI=1S/C21H16N2O2/c1-13-20(21(25)16-8-4-5-9-18(16)23-13)22-12-17-15-7-3-2-6-14(15)10-11-19(17)24/h2-12,20,24H,1H3/t20-/m1/s1. The van der Waals surface area contributed by atoms with Gasteiger partial charge >= 0.3 is 0 Å². The number of fused-ring (bicyclic) bond motifs is 2. The van der Waals surface area contributed by atoms with Gasteiger partial charge in [-0.15, -0.1) is 0 Å². The molecule has 0 spiro atoms. The number of phenolic OH excluding ortho intramolecular Hbond substituents is 1. The maximum Gasteiger partial charge on any atom is 0.195 e. The van der Waals surface area contributed by atoms with Crippen LogP contribution in [0, 0.1) is 0 Å². The van der Waals surface area contributed by atoms with Gasteiger partial charge in [-0.25, -0.2) is 0 Å². The molecule has 0 amide bonds. The summed E-state index contributed by atoms with van der Waals surface area (Å²) in [6.07, 6.45) is 1.58. The van der Waals surface area contributed by atoms with E-state index in [0.717, 1.165) is 10.8 Å². The third kappa shape index (κ3) is 2.62. The van der Waals surface area contributed by atoms with Crippen molar-refractivity contribution in [3.05, 3.63) is 71.8 Å². The van der Waals surface area contributed by atoms with E-state index in [4.69, 9.17) is 0 Å². The summed E-state index contributed by atoms with van der Waals surface area (Å²) in [5, 5.41) is 12.1. The summed E-state index contributed by atoms with van der Waals surface area (Å²) in [7, 11) is 0. The highest BCUT2D eigenvalue weighted by Crippen LogP contribution is 2.28. The predicted molar refractivity (Wildman–Crippen MR) is 101 cm³/mol. The molecule has 0 radical (unpaired) electrons. The maximum absolute atomic E-state index is 12.7. The molecule has 1 N–H and O–H groups in total. The zero-order valence-corrected chi connectivity index (χ0v) is 13.7. The Balaban J connectivity index is 1.77. The monoisotopic (exact) mass is 328 g/mol. The van der Waals surface area contributed by atoms with Crippen molar-refractivity contribution in [3.8, 4) is 5.75 Å². The molecule has 0 bridgehead atoms. The van der Waals surface area contributed by atoms with Crippen LogP contribution in [0.15, 0.2) is 70.6 Å². The molecule has 3 aromatic rings. The molecule has 25 heavy (non-hydrogen) atoms. The first-order chi connectivity index (χ1) is 12.1. The molecule has 4 nitrogen and oxygen atoms in total. The Kier molecular flexibility index (Phi) is 3.65. The highest BCUT2D eigenvalue weighted by molar-refractivity contribution is 6.21. The summed E-state index contributed by atoms with van der Waals surface area (Å²) in [4.78, 5) is 21.7. The largest absolute Gasteiger partial charge is 0.507 e. The number of phenols is 1. The molecule has 1 aliphatic heterocycles. The quantitative estimate of drug-likeness (QED) is 0.712. The van der Waals surface area contributed by atoms with Crippen molar-refractivity contribution in [2.75, 3.05) is 0 Å². The Hall–Kier alpha value is -3.27. The molecule has 0 saturated heterocycles. The van der Waals surface area contributed by atoms with E-state index in [1.54, 1.807) is 25.3 Å². The number of ketones is 1. The van der Waals surface area contributed by atoms with Gasteiger partial charge in [-0.05, 0) is 35.9 Å². The molecular weight excluding hydrogens is 312 g/mol. The number of hydrogen-bond donors (Lipinski definition) is 1. The molecule has 1 atom stereocenters. The summed E-state index contributed by atoms with van der Waals surface area (Å²) in [6, 6.07) is 17.9. The van der Waals surface area contributed by atoms with Gasteiger partial charge in [-0.1, -0.05) is 42.5 Å². The molecule has 1 aliphatic rings. The van der Waals surface area contributed by atoms with Crippen LogP contribution in [-0.4, -0.2) is 28.9 Å². The van der Waals surface area contributed by atoms with E-state index in [1.165, 1.54) is 0 Å². The number of nitrogens with zero attached hydrogens (tertiary/aromatic N) is 2. The van der Waals surface area contributed by atoms with Crippen LogP contribution in [0.4, 0.5) is 5.69 Å². The van der Waals surface area contributed by atoms with Gasteiger partial charge in [0, 0.05) is 23.1 Å². The van der Waals surface area contributed by atoms with Crippen molar-refractivity contribution in [1.82, 2.24) is 0 Å². The van der Waals surface area contributed by atoms with Gasteiger partial charge in [-0.3, -0.25) is 14.8 Å². The molecule has 0 fully saturated rings. The normalized spacial score (nSPS) is 16.9. The second-order valence-corrected chi connectivity index (χ2v) is 6.03.